The Hall–Kier alpha value is -0.0500. The lowest BCUT2D eigenvalue weighted by Gasteiger charge is -2.15. The van der Waals surface area contributed by atoms with Crippen molar-refractivity contribution in [1.29, 1.82) is 0 Å². The summed E-state index contributed by atoms with van der Waals surface area (Å²) in [6, 6.07) is 0. The molecule has 1 aliphatic rings. The lowest BCUT2D eigenvalue weighted by Crippen LogP contribution is -2.18. The predicted molar refractivity (Wildman–Crippen MR) is 60.1 cm³/mol. The Balaban J connectivity index is 2.36. The van der Waals surface area contributed by atoms with Crippen molar-refractivity contribution < 1.29 is 8.42 Å². The zero-order chi connectivity index (χ0) is 10.6. The van der Waals surface area contributed by atoms with Crippen LogP contribution in [0.5, 0.6) is 0 Å². The highest BCUT2D eigenvalue weighted by molar-refractivity contribution is 7.92. The first kappa shape index (κ1) is 12.0. The Kier molecular flexibility index (Phi) is 4.42. The molecule has 1 saturated heterocycles. The first-order chi connectivity index (χ1) is 6.56. The van der Waals surface area contributed by atoms with Crippen LogP contribution in [0.3, 0.4) is 0 Å². The summed E-state index contributed by atoms with van der Waals surface area (Å²) in [5.41, 5.74) is 0. The van der Waals surface area contributed by atoms with Crippen LogP contribution in [-0.4, -0.2) is 19.4 Å². The molecule has 0 spiro atoms. The highest BCUT2D eigenvalue weighted by atomic mass is 32.2. The molecular formula is C11H22O2S. The molecule has 0 N–H and O–H groups in total. The zero-order valence-corrected chi connectivity index (χ0v) is 10.1. The highest BCUT2D eigenvalue weighted by Gasteiger charge is 2.31. The van der Waals surface area contributed by atoms with E-state index in [1.807, 2.05) is 0 Å². The van der Waals surface area contributed by atoms with Gasteiger partial charge in [0.1, 0.15) is 0 Å². The number of sulfone groups is 1. The van der Waals surface area contributed by atoms with Crippen molar-refractivity contribution in [3.8, 4) is 0 Å². The van der Waals surface area contributed by atoms with E-state index in [4.69, 9.17) is 0 Å². The standard InChI is InChI=1S/C11H22O2S/c1-3-4-6-10(2)9-11-7-5-8-14(11,12)13/h10-11H,3-9H2,1-2H3. The Morgan fingerprint density at radius 3 is 2.64 bits per heavy atom. The third-order valence-electron chi connectivity index (χ3n) is 3.18. The van der Waals surface area contributed by atoms with Gasteiger partial charge in [0, 0.05) is 0 Å². The molecule has 0 aromatic carbocycles. The molecule has 0 amide bonds. The second-order valence-corrected chi connectivity index (χ2v) is 7.01. The van der Waals surface area contributed by atoms with Crippen LogP contribution in [0.4, 0.5) is 0 Å². The van der Waals surface area contributed by atoms with E-state index in [1.165, 1.54) is 19.3 Å². The number of unbranched alkanes of at least 4 members (excludes halogenated alkanes) is 1. The second kappa shape index (κ2) is 5.15. The molecular weight excluding hydrogens is 196 g/mol. The number of hydrogen-bond acceptors (Lipinski definition) is 2. The van der Waals surface area contributed by atoms with Gasteiger partial charge in [0.25, 0.3) is 0 Å². The van der Waals surface area contributed by atoms with Gasteiger partial charge in [-0.15, -0.1) is 0 Å². The van der Waals surface area contributed by atoms with Crippen LogP contribution in [0.15, 0.2) is 0 Å². The topological polar surface area (TPSA) is 34.1 Å². The molecule has 0 radical (unpaired) electrons. The molecule has 3 heteroatoms. The van der Waals surface area contributed by atoms with E-state index >= 15 is 0 Å². The molecule has 2 unspecified atom stereocenters. The normalized spacial score (nSPS) is 27.7. The molecule has 2 atom stereocenters. The third-order valence-corrected chi connectivity index (χ3v) is 5.48. The van der Waals surface area contributed by atoms with Gasteiger partial charge < -0.3 is 0 Å². The van der Waals surface area contributed by atoms with E-state index in [2.05, 4.69) is 13.8 Å². The molecule has 1 heterocycles. The first-order valence-corrected chi connectivity index (χ1v) is 7.49. The molecule has 0 aliphatic carbocycles. The van der Waals surface area contributed by atoms with Crippen molar-refractivity contribution >= 4 is 9.84 Å². The SMILES string of the molecule is CCCCC(C)CC1CCCS1(=O)=O. The van der Waals surface area contributed by atoms with Gasteiger partial charge in [-0.2, -0.15) is 0 Å². The lowest BCUT2D eigenvalue weighted by atomic mass is 9.97. The van der Waals surface area contributed by atoms with Crippen molar-refractivity contribution in [2.75, 3.05) is 5.75 Å². The van der Waals surface area contributed by atoms with Gasteiger partial charge in [0.05, 0.1) is 11.0 Å². The molecule has 2 nitrogen and oxygen atoms in total. The first-order valence-electron chi connectivity index (χ1n) is 5.78. The summed E-state index contributed by atoms with van der Waals surface area (Å²) < 4.78 is 23.1. The maximum atomic E-state index is 11.6. The molecule has 0 aromatic rings. The molecule has 14 heavy (non-hydrogen) atoms. The fourth-order valence-corrected chi connectivity index (χ4v) is 4.29. The van der Waals surface area contributed by atoms with Gasteiger partial charge in [0.2, 0.25) is 0 Å². The van der Waals surface area contributed by atoms with Crippen molar-refractivity contribution in [1.82, 2.24) is 0 Å². The van der Waals surface area contributed by atoms with Crippen LogP contribution in [0.2, 0.25) is 0 Å². The Morgan fingerprint density at radius 1 is 1.43 bits per heavy atom. The second-order valence-electron chi connectivity index (χ2n) is 4.61. The van der Waals surface area contributed by atoms with Crippen LogP contribution in [0.25, 0.3) is 0 Å². The summed E-state index contributed by atoms with van der Waals surface area (Å²) in [5, 5.41) is -0.0191. The molecule has 1 rings (SSSR count). The monoisotopic (exact) mass is 218 g/mol. The fourth-order valence-electron chi connectivity index (χ4n) is 2.24. The minimum Gasteiger partial charge on any atom is -0.229 e. The Bertz CT molecular complexity index is 256. The van der Waals surface area contributed by atoms with E-state index in [0.717, 1.165) is 19.3 Å². The van der Waals surface area contributed by atoms with Gasteiger partial charge >= 0.3 is 0 Å². The van der Waals surface area contributed by atoms with Gasteiger partial charge in [-0.25, -0.2) is 8.42 Å². The van der Waals surface area contributed by atoms with Gasteiger partial charge in [-0.1, -0.05) is 33.1 Å². The van der Waals surface area contributed by atoms with E-state index in [9.17, 15) is 8.42 Å². The Morgan fingerprint density at radius 2 is 2.14 bits per heavy atom. The van der Waals surface area contributed by atoms with Gasteiger partial charge in [-0.3, -0.25) is 0 Å². The molecule has 0 bridgehead atoms. The Labute approximate surface area is 88.0 Å². The van der Waals surface area contributed by atoms with Crippen LogP contribution in [-0.2, 0) is 9.84 Å². The third kappa shape index (κ3) is 3.26. The maximum absolute atomic E-state index is 11.6. The summed E-state index contributed by atoms with van der Waals surface area (Å²) in [6.45, 7) is 4.36. The molecule has 1 fully saturated rings. The predicted octanol–water partition coefficient (Wildman–Crippen LogP) is 2.78. The average molecular weight is 218 g/mol. The van der Waals surface area contributed by atoms with Gasteiger partial charge in [-0.05, 0) is 25.2 Å². The van der Waals surface area contributed by atoms with Crippen LogP contribution < -0.4 is 0 Å². The largest absolute Gasteiger partial charge is 0.229 e. The molecule has 0 aromatic heterocycles. The van der Waals surface area contributed by atoms with E-state index in [0.29, 0.717) is 11.7 Å². The minimum atomic E-state index is -2.71. The summed E-state index contributed by atoms with van der Waals surface area (Å²) in [6.07, 6.45) is 6.30. The van der Waals surface area contributed by atoms with Crippen molar-refractivity contribution in [3.63, 3.8) is 0 Å². The van der Waals surface area contributed by atoms with Crippen molar-refractivity contribution in [2.45, 2.75) is 57.6 Å². The van der Waals surface area contributed by atoms with E-state index in [1.54, 1.807) is 0 Å². The van der Waals surface area contributed by atoms with E-state index in [-0.39, 0.29) is 5.25 Å². The van der Waals surface area contributed by atoms with Crippen molar-refractivity contribution in [3.05, 3.63) is 0 Å². The smallest absolute Gasteiger partial charge is 0.153 e. The van der Waals surface area contributed by atoms with Crippen LogP contribution in [0.1, 0.15) is 52.4 Å². The van der Waals surface area contributed by atoms with E-state index < -0.39 is 9.84 Å². The van der Waals surface area contributed by atoms with Gasteiger partial charge in [0.15, 0.2) is 9.84 Å². The summed E-state index contributed by atoms with van der Waals surface area (Å²) >= 11 is 0. The minimum absolute atomic E-state index is 0.0191. The summed E-state index contributed by atoms with van der Waals surface area (Å²) in [4.78, 5) is 0. The fraction of sp³-hybridized carbons (Fsp3) is 1.00. The highest BCUT2D eigenvalue weighted by Crippen LogP contribution is 2.27. The molecule has 84 valence electrons. The van der Waals surface area contributed by atoms with Crippen LogP contribution in [0, 0.1) is 5.92 Å². The molecule has 1 aliphatic heterocycles. The average Bonchev–Trinajstić information content (AvgIpc) is 2.43. The molecule has 0 saturated carbocycles. The summed E-state index contributed by atoms with van der Waals surface area (Å²) in [5.74, 6) is 1.01. The summed E-state index contributed by atoms with van der Waals surface area (Å²) in [7, 11) is -2.71. The zero-order valence-electron chi connectivity index (χ0n) is 9.33. The quantitative estimate of drug-likeness (QED) is 0.711. The number of rotatable bonds is 5. The van der Waals surface area contributed by atoms with Crippen LogP contribution >= 0.6 is 0 Å². The lowest BCUT2D eigenvalue weighted by molar-refractivity contribution is 0.451. The maximum Gasteiger partial charge on any atom is 0.153 e. The van der Waals surface area contributed by atoms with Crippen molar-refractivity contribution in [2.24, 2.45) is 5.92 Å². The number of hydrogen-bond donors (Lipinski definition) is 0.